The van der Waals surface area contributed by atoms with Gasteiger partial charge >= 0.3 is 0 Å². The maximum Gasteiger partial charge on any atom is 0.139 e. The molecule has 0 aliphatic carbocycles. The second kappa shape index (κ2) is 5.74. The Bertz CT molecular complexity index is 543. The van der Waals surface area contributed by atoms with Gasteiger partial charge < -0.3 is 10.1 Å². The Hall–Kier alpha value is -1.74. The molecule has 4 heteroatoms. The van der Waals surface area contributed by atoms with E-state index in [4.69, 9.17) is 16.3 Å². The molecule has 3 nitrogen and oxygen atoms in total. The lowest BCUT2D eigenvalue weighted by atomic mass is 10.2. The highest BCUT2D eigenvalue weighted by molar-refractivity contribution is 6.32. The highest BCUT2D eigenvalue weighted by atomic mass is 35.5. The summed E-state index contributed by atoms with van der Waals surface area (Å²) < 4.78 is 5.17. The van der Waals surface area contributed by atoms with Crippen molar-refractivity contribution in [2.75, 3.05) is 12.4 Å². The molecule has 1 heterocycles. The first-order valence-corrected chi connectivity index (χ1v) is 6.06. The number of rotatable bonds is 4. The van der Waals surface area contributed by atoms with Gasteiger partial charge in [0.15, 0.2) is 0 Å². The van der Waals surface area contributed by atoms with E-state index in [1.54, 1.807) is 13.3 Å². The van der Waals surface area contributed by atoms with E-state index < -0.39 is 0 Å². The Morgan fingerprint density at radius 1 is 1.33 bits per heavy atom. The van der Waals surface area contributed by atoms with Crippen LogP contribution in [0.2, 0.25) is 5.02 Å². The van der Waals surface area contributed by atoms with Crippen molar-refractivity contribution in [2.24, 2.45) is 0 Å². The number of benzene rings is 1. The van der Waals surface area contributed by atoms with Gasteiger partial charge in [-0.3, -0.25) is 4.98 Å². The summed E-state index contributed by atoms with van der Waals surface area (Å²) in [7, 11) is 1.61. The summed E-state index contributed by atoms with van der Waals surface area (Å²) in [6.07, 6.45) is 1.80. The normalized spacial score (nSPS) is 10.2. The van der Waals surface area contributed by atoms with Crippen LogP contribution in [0.15, 0.2) is 36.5 Å². The standard InChI is InChI=1S/C14H15ClN2O/c1-10-4-3-7-16-13(10)9-17-11-5-6-12(15)14(8-11)18-2/h3-8,17H,9H2,1-2H3. The van der Waals surface area contributed by atoms with Crippen LogP contribution in [0.3, 0.4) is 0 Å². The number of aromatic nitrogens is 1. The summed E-state index contributed by atoms with van der Waals surface area (Å²) in [6.45, 7) is 2.73. The number of hydrogen-bond donors (Lipinski definition) is 1. The Kier molecular flexibility index (Phi) is 4.05. The third-order valence-electron chi connectivity index (χ3n) is 2.73. The van der Waals surface area contributed by atoms with Gasteiger partial charge in [-0.25, -0.2) is 0 Å². The van der Waals surface area contributed by atoms with Crippen molar-refractivity contribution < 1.29 is 4.74 Å². The van der Waals surface area contributed by atoms with E-state index >= 15 is 0 Å². The van der Waals surface area contributed by atoms with Gasteiger partial charge in [-0.1, -0.05) is 17.7 Å². The molecule has 18 heavy (non-hydrogen) atoms. The molecule has 0 fully saturated rings. The maximum absolute atomic E-state index is 5.97. The Balaban J connectivity index is 2.09. The quantitative estimate of drug-likeness (QED) is 0.913. The van der Waals surface area contributed by atoms with Crippen molar-refractivity contribution in [1.82, 2.24) is 4.98 Å². The Labute approximate surface area is 112 Å². The minimum Gasteiger partial charge on any atom is -0.495 e. The highest BCUT2D eigenvalue weighted by Gasteiger charge is 2.03. The lowest BCUT2D eigenvalue weighted by Gasteiger charge is -2.10. The number of pyridine rings is 1. The molecule has 0 amide bonds. The molecular formula is C14H15ClN2O. The molecule has 0 saturated carbocycles. The predicted octanol–water partition coefficient (Wildman–Crippen LogP) is 3.66. The first kappa shape index (κ1) is 12.7. The fraction of sp³-hybridized carbons (Fsp3) is 0.214. The average molecular weight is 263 g/mol. The van der Waals surface area contributed by atoms with Gasteiger partial charge in [0.2, 0.25) is 0 Å². The molecule has 2 rings (SSSR count). The number of ether oxygens (including phenoxy) is 1. The number of halogens is 1. The molecular weight excluding hydrogens is 248 g/mol. The molecule has 0 radical (unpaired) electrons. The molecule has 1 N–H and O–H groups in total. The van der Waals surface area contributed by atoms with E-state index in [1.807, 2.05) is 37.3 Å². The fourth-order valence-electron chi connectivity index (χ4n) is 1.66. The number of hydrogen-bond acceptors (Lipinski definition) is 3. The summed E-state index contributed by atoms with van der Waals surface area (Å²) in [4.78, 5) is 4.33. The molecule has 2 aromatic rings. The zero-order valence-electron chi connectivity index (χ0n) is 10.4. The first-order valence-electron chi connectivity index (χ1n) is 5.68. The van der Waals surface area contributed by atoms with Crippen LogP contribution in [-0.2, 0) is 6.54 Å². The number of anilines is 1. The molecule has 0 bridgehead atoms. The second-order valence-corrected chi connectivity index (χ2v) is 4.38. The molecule has 0 aliphatic heterocycles. The van der Waals surface area contributed by atoms with Gasteiger partial charge in [-0.2, -0.15) is 0 Å². The number of nitrogens with one attached hydrogen (secondary N) is 1. The van der Waals surface area contributed by atoms with Crippen LogP contribution in [0.4, 0.5) is 5.69 Å². The maximum atomic E-state index is 5.97. The van der Waals surface area contributed by atoms with E-state index in [9.17, 15) is 0 Å². The van der Waals surface area contributed by atoms with E-state index in [2.05, 4.69) is 10.3 Å². The number of methoxy groups -OCH3 is 1. The molecule has 0 atom stereocenters. The number of nitrogens with zero attached hydrogens (tertiary/aromatic N) is 1. The van der Waals surface area contributed by atoms with Gasteiger partial charge in [-0.15, -0.1) is 0 Å². The lowest BCUT2D eigenvalue weighted by molar-refractivity contribution is 0.415. The SMILES string of the molecule is COc1cc(NCc2ncccc2C)ccc1Cl. The van der Waals surface area contributed by atoms with Crippen molar-refractivity contribution in [3.63, 3.8) is 0 Å². The van der Waals surface area contributed by atoms with E-state index in [0.717, 1.165) is 11.4 Å². The topological polar surface area (TPSA) is 34.1 Å². The summed E-state index contributed by atoms with van der Waals surface area (Å²) in [5.74, 6) is 0.666. The lowest BCUT2D eigenvalue weighted by Crippen LogP contribution is -2.03. The smallest absolute Gasteiger partial charge is 0.139 e. The number of aryl methyl sites for hydroxylation is 1. The predicted molar refractivity (Wildman–Crippen MR) is 74.3 cm³/mol. The average Bonchev–Trinajstić information content (AvgIpc) is 2.39. The van der Waals surface area contributed by atoms with Crippen LogP contribution < -0.4 is 10.1 Å². The van der Waals surface area contributed by atoms with E-state index in [1.165, 1.54) is 5.56 Å². The second-order valence-electron chi connectivity index (χ2n) is 3.97. The third kappa shape index (κ3) is 2.93. The van der Waals surface area contributed by atoms with Crippen molar-refractivity contribution in [3.8, 4) is 5.75 Å². The van der Waals surface area contributed by atoms with Crippen molar-refractivity contribution in [3.05, 3.63) is 52.8 Å². The summed E-state index contributed by atoms with van der Waals surface area (Å²) in [6, 6.07) is 9.59. The van der Waals surface area contributed by atoms with Crippen LogP contribution in [0.5, 0.6) is 5.75 Å². The molecule has 1 aromatic heterocycles. The van der Waals surface area contributed by atoms with Crippen LogP contribution in [0.25, 0.3) is 0 Å². The van der Waals surface area contributed by atoms with Gasteiger partial charge in [0.05, 0.1) is 24.4 Å². The van der Waals surface area contributed by atoms with Crippen LogP contribution in [-0.4, -0.2) is 12.1 Å². The van der Waals surface area contributed by atoms with Crippen LogP contribution in [0, 0.1) is 6.92 Å². The van der Waals surface area contributed by atoms with Crippen LogP contribution >= 0.6 is 11.6 Å². The van der Waals surface area contributed by atoms with E-state index in [-0.39, 0.29) is 0 Å². The molecule has 0 spiro atoms. The first-order chi connectivity index (χ1) is 8.70. The molecule has 1 aromatic carbocycles. The molecule has 94 valence electrons. The minimum atomic E-state index is 0.608. The highest BCUT2D eigenvalue weighted by Crippen LogP contribution is 2.27. The molecule has 0 saturated heterocycles. The van der Waals surface area contributed by atoms with Crippen molar-refractivity contribution >= 4 is 17.3 Å². The largest absolute Gasteiger partial charge is 0.495 e. The summed E-state index contributed by atoms with van der Waals surface area (Å²) in [5.41, 5.74) is 3.17. The fourth-order valence-corrected chi connectivity index (χ4v) is 1.85. The van der Waals surface area contributed by atoms with Gasteiger partial charge in [0.1, 0.15) is 5.75 Å². The van der Waals surface area contributed by atoms with Gasteiger partial charge in [0.25, 0.3) is 0 Å². The van der Waals surface area contributed by atoms with Crippen molar-refractivity contribution in [2.45, 2.75) is 13.5 Å². The summed E-state index contributed by atoms with van der Waals surface area (Å²) >= 11 is 5.97. The van der Waals surface area contributed by atoms with Gasteiger partial charge in [0, 0.05) is 18.0 Å². The van der Waals surface area contributed by atoms with Gasteiger partial charge in [-0.05, 0) is 30.7 Å². The van der Waals surface area contributed by atoms with E-state index in [0.29, 0.717) is 17.3 Å². The monoisotopic (exact) mass is 262 g/mol. The van der Waals surface area contributed by atoms with Crippen LogP contribution in [0.1, 0.15) is 11.3 Å². The summed E-state index contributed by atoms with van der Waals surface area (Å²) in [5, 5.41) is 3.91. The van der Waals surface area contributed by atoms with Crippen molar-refractivity contribution in [1.29, 1.82) is 0 Å². The zero-order chi connectivity index (χ0) is 13.0. The Morgan fingerprint density at radius 2 is 2.17 bits per heavy atom. The Morgan fingerprint density at radius 3 is 2.89 bits per heavy atom. The zero-order valence-corrected chi connectivity index (χ0v) is 11.2. The molecule has 0 unspecified atom stereocenters. The molecule has 0 aliphatic rings. The minimum absolute atomic E-state index is 0.608. The third-order valence-corrected chi connectivity index (χ3v) is 3.04.